The summed E-state index contributed by atoms with van der Waals surface area (Å²) in [5.41, 5.74) is 9.50. The predicted molar refractivity (Wildman–Crippen MR) is 137 cm³/mol. The third-order valence-electron chi connectivity index (χ3n) is 5.04. The molecule has 0 saturated carbocycles. The molecule has 3 rings (SSSR count). The van der Waals surface area contributed by atoms with Gasteiger partial charge in [-0.05, 0) is 53.6 Å². The number of rotatable bonds is 9. The van der Waals surface area contributed by atoms with Crippen molar-refractivity contribution in [1.82, 2.24) is 0 Å². The minimum absolute atomic E-state index is 0.293. The summed E-state index contributed by atoms with van der Waals surface area (Å²) in [4.78, 5) is 12.4. The van der Waals surface area contributed by atoms with Crippen LogP contribution in [-0.2, 0) is 4.79 Å². The number of nitrogen functional groups attached to an aromatic ring is 1. The Morgan fingerprint density at radius 2 is 1.41 bits per heavy atom. The van der Waals surface area contributed by atoms with Crippen LogP contribution >= 0.6 is 0 Å². The highest BCUT2D eigenvalue weighted by Crippen LogP contribution is 2.38. The molecule has 3 N–H and O–H groups in total. The van der Waals surface area contributed by atoms with Crippen LogP contribution < -0.4 is 30.0 Å². The molecular formula is C27H28N2O5. The zero-order chi connectivity index (χ0) is 24.5. The first-order valence-corrected chi connectivity index (χ1v) is 10.5. The second kappa shape index (κ2) is 11.5. The molecular weight excluding hydrogens is 432 g/mol. The number of nitrogens with one attached hydrogen (secondary N) is 1. The number of nitrogens with two attached hydrogens (primary N) is 1. The fourth-order valence-electron chi connectivity index (χ4n) is 3.33. The molecule has 3 aromatic carbocycles. The van der Waals surface area contributed by atoms with Gasteiger partial charge in [0.25, 0.3) is 0 Å². The molecule has 0 aromatic heterocycles. The van der Waals surface area contributed by atoms with E-state index in [1.54, 1.807) is 46.6 Å². The monoisotopic (exact) mass is 460 g/mol. The molecule has 0 spiro atoms. The van der Waals surface area contributed by atoms with E-state index >= 15 is 0 Å². The van der Waals surface area contributed by atoms with Crippen LogP contribution in [0.1, 0.15) is 16.7 Å². The summed E-state index contributed by atoms with van der Waals surface area (Å²) < 4.78 is 21.6. The maximum atomic E-state index is 12.4. The molecule has 176 valence electrons. The van der Waals surface area contributed by atoms with E-state index in [0.717, 1.165) is 16.7 Å². The molecule has 0 aliphatic rings. The highest BCUT2D eigenvalue weighted by atomic mass is 16.5. The molecule has 0 radical (unpaired) electrons. The van der Waals surface area contributed by atoms with Crippen molar-refractivity contribution in [3.05, 3.63) is 77.4 Å². The molecule has 0 aliphatic heterocycles. The summed E-state index contributed by atoms with van der Waals surface area (Å²) in [5.74, 6) is 2.04. The van der Waals surface area contributed by atoms with Crippen molar-refractivity contribution >= 4 is 35.5 Å². The van der Waals surface area contributed by atoms with Crippen molar-refractivity contribution in [2.75, 3.05) is 39.5 Å². The van der Waals surface area contributed by atoms with Crippen LogP contribution in [0.25, 0.3) is 18.2 Å². The zero-order valence-corrected chi connectivity index (χ0v) is 19.6. The van der Waals surface area contributed by atoms with Gasteiger partial charge in [-0.1, -0.05) is 30.4 Å². The van der Waals surface area contributed by atoms with Gasteiger partial charge in [0.15, 0.2) is 11.5 Å². The number of methoxy groups -OCH3 is 4. The van der Waals surface area contributed by atoms with Crippen LogP contribution in [-0.4, -0.2) is 34.3 Å². The molecule has 7 heteroatoms. The Balaban J connectivity index is 1.82. The number of carbonyl (C=O) groups excluding carboxylic acids is 1. The third-order valence-corrected chi connectivity index (χ3v) is 5.04. The molecule has 1 amide bonds. The minimum Gasteiger partial charge on any atom is -0.496 e. The van der Waals surface area contributed by atoms with Crippen molar-refractivity contribution in [3.63, 3.8) is 0 Å². The van der Waals surface area contributed by atoms with E-state index in [9.17, 15) is 4.79 Å². The first kappa shape index (κ1) is 24.3. The van der Waals surface area contributed by atoms with Gasteiger partial charge in [-0.3, -0.25) is 4.79 Å². The summed E-state index contributed by atoms with van der Waals surface area (Å²) in [6.07, 6.45) is 7.02. The summed E-state index contributed by atoms with van der Waals surface area (Å²) in [6, 6.07) is 16.5. The van der Waals surface area contributed by atoms with Crippen LogP contribution in [0.3, 0.4) is 0 Å². The number of benzene rings is 3. The molecule has 0 atom stereocenters. The van der Waals surface area contributed by atoms with E-state index in [1.807, 2.05) is 54.6 Å². The van der Waals surface area contributed by atoms with Gasteiger partial charge in [0, 0.05) is 11.6 Å². The highest BCUT2D eigenvalue weighted by Gasteiger charge is 2.12. The smallest absolute Gasteiger partial charge is 0.248 e. The lowest BCUT2D eigenvalue weighted by Crippen LogP contribution is -2.09. The van der Waals surface area contributed by atoms with Crippen LogP contribution in [0.15, 0.2) is 60.7 Å². The lowest BCUT2D eigenvalue weighted by Gasteiger charge is -2.12. The van der Waals surface area contributed by atoms with Gasteiger partial charge in [0.05, 0.1) is 39.8 Å². The van der Waals surface area contributed by atoms with Gasteiger partial charge in [-0.25, -0.2) is 0 Å². The Labute approximate surface area is 199 Å². The first-order valence-electron chi connectivity index (χ1n) is 10.5. The van der Waals surface area contributed by atoms with E-state index in [4.69, 9.17) is 24.7 Å². The molecule has 0 saturated heterocycles. The van der Waals surface area contributed by atoms with Gasteiger partial charge >= 0.3 is 0 Å². The van der Waals surface area contributed by atoms with E-state index in [-0.39, 0.29) is 5.91 Å². The Kier molecular flexibility index (Phi) is 8.18. The Hall–Kier alpha value is -4.39. The highest BCUT2D eigenvalue weighted by molar-refractivity contribution is 6.03. The molecule has 0 heterocycles. The third kappa shape index (κ3) is 5.89. The van der Waals surface area contributed by atoms with Crippen molar-refractivity contribution < 1.29 is 23.7 Å². The number of ether oxygens (including phenoxy) is 4. The van der Waals surface area contributed by atoms with Crippen LogP contribution in [0.5, 0.6) is 23.0 Å². The lowest BCUT2D eigenvalue weighted by atomic mass is 10.1. The molecule has 0 unspecified atom stereocenters. The number of carbonyl (C=O) groups is 1. The number of amides is 1. The van der Waals surface area contributed by atoms with Gasteiger partial charge in [-0.15, -0.1) is 0 Å². The minimum atomic E-state index is -0.293. The molecule has 0 aliphatic carbocycles. The summed E-state index contributed by atoms with van der Waals surface area (Å²) in [7, 11) is 6.31. The quantitative estimate of drug-likeness (QED) is 0.261. The molecule has 0 bridgehead atoms. The van der Waals surface area contributed by atoms with Crippen molar-refractivity contribution in [3.8, 4) is 23.0 Å². The van der Waals surface area contributed by atoms with E-state index in [1.165, 1.54) is 6.08 Å². The van der Waals surface area contributed by atoms with Gasteiger partial charge < -0.3 is 30.0 Å². The Morgan fingerprint density at radius 3 is 2.03 bits per heavy atom. The SMILES string of the molecule is COc1ccc(/C=C\c2cc(OC)c(OC)c(OC)c2)cc1/C=C/C(=O)Nc1ccccc1N. The maximum Gasteiger partial charge on any atom is 0.248 e. The number of para-hydroxylation sites is 2. The molecule has 0 fully saturated rings. The second-order valence-electron chi connectivity index (χ2n) is 7.20. The largest absolute Gasteiger partial charge is 0.496 e. The molecule has 34 heavy (non-hydrogen) atoms. The fourth-order valence-corrected chi connectivity index (χ4v) is 3.33. The predicted octanol–water partition coefficient (Wildman–Crippen LogP) is 5.13. The topological polar surface area (TPSA) is 92.0 Å². The van der Waals surface area contributed by atoms with Crippen LogP contribution in [0.2, 0.25) is 0 Å². The van der Waals surface area contributed by atoms with Crippen LogP contribution in [0, 0.1) is 0 Å². The summed E-state index contributed by atoms with van der Waals surface area (Å²) in [6.45, 7) is 0. The lowest BCUT2D eigenvalue weighted by molar-refractivity contribution is -0.111. The maximum absolute atomic E-state index is 12.4. The summed E-state index contributed by atoms with van der Waals surface area (Å²) >= 11 is 0. The zero-order valence-electron chi connectivity index (χ0n) is 19.6. The average molecular weight is 461 g/mol. The number of anilines is 2. The normalized spacial score (nSPS) is 10.9. The van der Waals surface area contributed by atoms with Crippen molar-refractivity contribution in [2.45, 2.75) is 0 Å². The molecule has 7 nitrogen and oxygen atoms in total. The van der Waals surface area contributed by atoms with Gasteiger partial charge in [-0.2, -0.15) is 0 Å². The van der Waals surface area contributed by atoms with Crippen LogP contribution in [0.4, 0.5) is 11.4 Å². The Morgan fingerprint density at radius 1 is 0.765 bits per heavy atom. The Bertz CT molecular complexity index is 1190. The van der Waals surface area contributed by atoms with E-state index in [2.05, 4.69) is 5.32 Å². The summed E-state index contributed by atoms with van der Waals surface area (Å²) in [5, 5.41) is 2.77. The first-order chi connectivity index (χ1) is 16.5. The average Bonchev–Trinajstić information content (AvgIpc) is 2.86. The van der Waals surface area contributed by atoms with Crippen molar-refractivity contribution in [1.29, 1.82) is 0 Å². The standard InChI is InChI=1S/C27H28N2O5/c1-31-23-13-11-18(9-10-19-16-24(32-2)27(34-4)25(17-19)33-3)15-20(23)12-14-26(30)29-22-8-6-5-7-21(22)28/h5-17H,28H2,1-4H3,(H,29,30)/b10-9-,14-12+. The number of hydrogen-bond acceptors (Lipinski definition) is 6. The fraction of sp³-hybridized carbons (Fsp3) is 0.148. The van der Waals surface area contributed by atoms with Gasteiger partial charge in [0.2, 0.25) is 11.7 Å². The van der Waals surface area contributed by atoms with E-state index in [0.29, 0.717) is 34.4 Å². The number of hydrogen-bond donors (Lipinski definition) is 2. The van der Waals surface area contributed by atoms with Gasteiger partial charge in [0.1, 0.15) is 5.75 Å². The second-order valence-corrected chi connectivity index (χ2v) is 7.20. The molecule has 3 aromatic rings. The van der Waals surface area contributed by atoms with Crippen molar-refractivity contribution in [2.24, 2.45) is 0 Å². The van der Waals surface area contributed by atoms with E-state index < -0.39 is 0 Å².